The van der Waals surface area contributed by atoms with Gasteiger partial charge in [0.05, 0.1) is 15.6 Å². The summed E-state index contributed by atoms with van der Waals surface area (Å²) < 4.78 is 26.5. The van der Waals surface area contributed by atoms with Crippen LogP contribution in [0.5, 0.6) is 0 Å². The van der Waals surface area contributed by atoms with E-state index in [1.807, 2.05) is 12.1 Å². The van der Waals surface area contributed by atoms with Crippen molar-refractivity contribution in [2.24, 2.45) is 0 Å². The summed E-state index contributed by atoms with van der Waals surface area (Å²) in [5, 5.41) is 3.25. The van der Waals surface area contributed by atoms with Gasteiger partial charge in [-0.15, -0.1) is 0 Å². The molecule has 2 aliphatic heterocycles. The van der Waals surface area contributed by atoms with Crippen molar-refractivity contribution in [1.82, 2.24) is 20.1 Å². The van der Waals surface area contributed by atoms with Crippen molar-refractivity contribution >= 4 is 34.9 Å². The minimum Gasteiger partial charge on any atom is -0.353 e. The molecule has 5 rings (SSSR count). The Morgan fingerprint density at radius 2 is 1.62 bits per heavy atom. The fraction of sp³-hybridized carbons (Fsp3) is 0.379. The Kier molecular flexibility index (Phi) is 8.97. The highest BCUT2D eigenvalue weighted by atomic mass is 35.5. The molecule has 0 bridgehead atoms. The molecule has 0 atom stereocenters. The van der Waals surface area contributed by atoms with Crippen LogP contribution >= 0.6 is 23.2 Å². The number of piperidine rings is 1. The fourth-order valence-electron chi connectivity index (χ4n) is 5.31. The SMILES string of the molecule is O=C(NCc1ccc(F)c(Cl)c1)c1cnc(N2CCN(C3CCN(Cc4ccc(F)cc4)CC3)CC2)c(Cl)c1.[HH]. The molecule has 2 saturated heterocycles. The smallest absolute Gasteiger partial charge is 0.253 e. The molecule has 0 spiro atoms. The Bertz CT molecular complexity index is 1300. The van der Waals surface area contributed by atoms with Gasteiger partial charge in [-0.2, -0.15) is 0 Å². The molecule has 1 N–H and O–H groups in total. The highest BCUT2D eigenvalue weighted by Crippen LogP contribution is 2.27. The summed E-state index contributed by atoms with van der Waals surface area (Å²) in [5.41, 5.74) is 2.21. The molecule has 2 aliphatic rings. The summed E-state index contributed by atoms with van der Waals surface area (Å²) >= 11 is 12.4. The molecule has 2 aromatic carbocycles. The Morgan fingerprint density at radius 3 is 2.28 bits per heavy atom. The zero-order valence-corrected chi connectivity index (χ0v) is 23.1. The second kappa shape index (κ2) is 12.6. The van der Waals surface area contributed by atoms with Gasteiger partial charge in [0.25, 0.3) is 5.91 Å². The van der Waals surface area contributed by atoms with Crippen molar-refractivity contribution in [3.05, 3.63) is 93.1 Å². The standard InChI is InChI=1S/C29H31Cl2F2N5O.H2/c30-25-15-21(3-6-27(25)33)17-35-29(39)22-16-26(31)28(34-18-22)38-13-11-37(12-14-38)24-7-9-36(10-8-24)19-20-1-4-23(32)5-2-20;/h1-6,15-16,18,24H,7-14,17,19H2,(H,35,39);1H. The topological polar surface area (TPSA) is 51.7 Å². The zero-order chi connectivity index (χ0) is 27.4. The van der Waals surface area contributed by atoms with Gasteiger partial charge >= 0.3 is 0 Å². The molecule has 0 radical (unpaired) electrons. The summed E-state index contributed by atoms with van der Waals surface area (Å²) in [6, 6.07) is 13.3. The lowest BCUT2D eigenvalue weighted by Gasteiger charge is -2.43. The number of pyridine rings is 1. The second-order valence-electron chi connectivity index (χ2n) is 10.1. The van der Waals surface area contributed by atoms with Crippen LogP contribution in [0, 0.1) is 11.6 Å². The molecule has 208 valence electrons. The number of carbonyl (C=O) groups excluding carboxylic acids is 1. The summed E-state index contributed by atoms with van der Waals surface area (Å²) in [7, 11) is 0. The normalized spacial score (nSPS) is 17.4. The second-order valence-corrected chi connectivity index (χ2v) is 10.9. The number of anilines is 1. The third-order valence-corrected chi connectivity index (χ3v) is 8.10. The number of rotatable bonds is 7. The molecule has 0 saturated carbocycles. The van der Waals surface area contributed by atoms with E-state index < -0.39 is 5.82 Å². The van der Waals surface area contributed by atoms with Gasteiger partial charge in [-0.25, -0.2) is 13.8 Å². The first-order valence-electron chi connectivity index (χ1n) is 13.2. The Labute approximate surface area is 239 Å². The van der Waals surface area contributed by atoms with Crippen LogP contribution in [0.4, 0.5) is 14.6 Å². The number of carbonyl (C=O) groups is 1. The van der Waals surface area contributed by atoms with E-state index in [4.69, 9.17) is 23.2 Å². The average molecular weight is 577 g/mol. The van der Waals surface area contributed by atoms with Gasteiger partial charge in [0.2, 0.25) is 0 Å². The van der Waals surface area contributed by atoms with Crippen molar-refractivity contribution in [3.8, 4) is 0 Å². The summed E-state index contributed by atoms with van der Waals surface area (Å²) in [6.07, 6.45) is 3.78. The number of aromatic nitrogens is 1. The fourth-order valence-corrected chi connectivity index (χ4v) is 5.80. The Balaban J connectivity index is 0.00000370. The quantitative estimate of drug-likeness (QED) is 0.395. The molecule has 1 aromatic heterocycles. The maximum Gasteiger partial charge on any atom is 0.253 e. The minimum atomic E-state index is -0.497. The lowest BCUT2D eigenvalue weighted by molar-refractivity contribution is 0.0950. The van der Waals surface area contributed by atoms with Gasteiger partial charge in [-0.05, 0) is 67.4 Å². The first-order valence-corrected chi connectivity index (χ1v) is 13.9. The molecule has 0 unspecified atom stereocenters. The third kappa shape index (κ3) is 7.06. The number of piperazine rings is 1. The summed E-state index contributed by atoms with van der Waals surface area (Å²) in [5.74, 6) is -0.318. The number of nitrogens with one attached hydrogen (secondary N) is 1. The third-order valence-electron chi connectivity index (χ3n) is 7.53. The first-order chi connectivity index (χ1) is 18.9. The maximum absolute atomic E-state index is 13.3. The monoisotopic (exact) mass is 575 g/mol. The number of likely N-dealkylation sites (tertiary alicyclic amines) is 1. The van der Waals surface area contributed by atoms with Gasteiger partial charge in [-0.3, -0.25) is 14.6 Å². The molecular formula is C29H33Cl2F2N5O. The predicted octanol–water partition coefficient (Wildman–Crippen LogP) is 5.63. The van der Waals surface area contributed by atoms with Crippen LogP contribution in [0.15, 0.2) is 54.7 Å². The number of hydrogen-bond acceptors (Lipinski definition) is 5. The molecule has 6 nitrogen and oxygen atoms in total. The number of nitrogens with zero attached hydrogens (tertiary/aromatic N) is 4. The summed E-state index contributed by atoms with van der Waals surface area (Å²) in [6.45, 7) is 6.65. The number of benzene rings is 2. The highest BCUT2D eigenvalue weighted by Gasteiger charge is 2.28. The molecule has 10 heteroatoms. The molecule has 39 heavy (non-hydrogen) atoms. The molecule has 3 aromatic rings. The molecular weight excluding hydrogens is 543 g/mol. The van der Waals surface area contributed by atoms with Gasteiger partial charge < -0.3 is 10.2 Å². The Hall–Kier alpha value is -2.78. The van der Waals surface area contributed by atoms with Crippen LogP contribution in [0.25, 0.3) is 0 Å². The molecule has 0 aliphatic carbocycles. The van der Waals surface area contributed by atoms with Crippen molar-refractivity contribution in [2.75, 3.05) is 44.2 Å². The maximum atomic E-state index is 13.3. The van der Waals surface area contributed by atoms with Crippen LogP contribution < -0.4 is 10.2 Å². The van der Waals surface area contributed by atoms with Crippen molar-refractivity contribution in [2.45, 2.75) is 32.0 Å². The number of hydrogen-bond donors (Lipinski definition) is 1. The highest BCUT2D eigenvalue weighted by molar-refractivity contribution is 6.33. The lowest BCUT2D eigenvalue weighted by Crippen LogP contribution is -2.53. The van der Waals surface area contributed by atoms with E-state index >= 15 is 0 Å². The van der Waals surface area contributed by atoms with E-state index in [9.17, 15) is 13.6 Å². The van der Waals surface area contributed by atoms with E-state index in [0.29, 0.717) is 28.0 Å². The van der Waals surface area contributed by atoms with Crippen LogP contribution in [0.3, 0.4) is 0 Å². The lowest BCUT2D eigenvalue weighted by atomic mass is 10.0. The van der Waals surface area contributed by atoms with Crippen LogP contribution in [-0.4, -0.2) is 66.0 Å². The van der Waals surface area contributed by atoms with Crippen molar-refractivity contribution in [1.29, 1.82) is 0 Å². The van der Waals surface area contributed by atoms with Crippen LogP contribution in [0.1, 0.15) is 35.8 Å². The number of amides is 1. The zero-order valence-electron chi connectivity index (χ0n) is 21.6. The first kappa shape index (κ1) is 27.8. The average Bonchev–Trinajstić information content (AvgIpc) is 2.95. The largest absolute Gasteiger partial charge is 0.353 e. The molecule has 1 amide bonds. The van der Waals surface area contributed by atoms with Gasteiger partial charge in [-0.1, -0.05) is 41.4 Å². The van der Waals surface area contributed by atoms with Gasteiger partial charge in [0.1, 0.15) is 17.5 Å². The summed E-state index contributed by atoms with van der Waals surface area (Å²) in [4.78, 5) is 24.3. The van der Waals surface area contributed by atoms with Crippen LogP contribution in [-0.2, 0) is 13.1 Å². The molecule has 2 fully saturated rings. The predicted molar refractivity (Wildman–Crippen MR) is 152 cm³/mol. The Morgan fingerprint density at radius 1 is 0.923 bits per heavy atom. The van der Waals surface area contributed by atoms with Gasteiger partial charge in [0.15, 0.2) is 0 Å². The van der Waals surface area contributed by atoms with E-state index in [-0.39, 0.29) is 24.7 Å². The number of halogens is 4. The van der Waals surface area contributed by atoms with E-state index in [1.165, 1.54) is 30.5 Å². The van der Waals surface area contributed by atoms with Crippen LogP contribution in [0.2, 0.25) is 10.0 Å². The van der Waals surface area contributed by atoms with Gasteiger partial charge in [0, 0.05) is 52.9 Å². The van der Waals surface area contributed by atoms with Crippen molar-refractivity contribution in [3.63, 3.8) is 0 Å². The molecule has 3 heterocycles. The van der Waals surface area contributed by atoms with E-state index in [1.54, 1.807) is 12.1 Å². The minimum absolute atomic E-state index is 0. The van der Waals surface area contributed by atoms with E-state index in [0.717, 1.165) is 64.2 Å². The van der Waals surface area contributed by atoms with Crippen molar-refractivity contribution < 1.29 is 15.0 Å². The van der Waals surface area contributed by atoms with E-state index in [2.05, 4.69) is 25.0 Å².